The van der Waals surface area contributed by atoms with E-state index in [1.807, 2.05) is 7.05 Å². The van der Waals surface area contributed by atoms with Crippen molar-refractivity contribution in [3.8, 4) is 0 Å². The Morgan fingerprint density at radius 2 is 2.10 bits per heavy atom. The van der Waals surface area contributed by atoms with E-state index in [9.17, 15) is 0 Å². The maximum atomic E-state index is 5.57. The third-order valence-electron chi connectivity index (χ3n) is 4.34. The highest BCUT2D eigenvalue weighted by Crippen LogP contribution is 2.18. The highest BCUT2D eigenvalue weighted by Gasteiger charge is 2.16. The Balaban J connectivity index is 1.81. The fourth-order valence-electron chi connectivity index (χ4n) is 3.14. The number of hydrogen-bond acceptors (Lipinski definition) is 3. The van der Waals surface area contributed by atoms with Crippen molar-refractivity contribution < 1.29 is 4.74 Å². The lowest BCUT2D eigenvalue weighted by Crippen LogP contribution is -2.30. The van der Waals surface area contributed by atoms with Crippen molar-refractivity contribution in [1.82, 2.24) is 10.2 Å². The van der Waals surface area contributed by atoms with E-state index in [-0.39, 0.29) is 0 Å². The average Bonchev–Trinajstić information content (AvgIpc) is 2.49. The zero-order valence-corrected chi connectivity index (χ0v) is 13.8. The summed E-state index contributed by atoms with van der Waals surface area (Å²) in [5.41, 5.74) is 2.81. The highest BCUT2D eigenvalue weighted by atomic mass is 16.5. The second-order valence-corrected chi connectivity index (χ2v) is 6.48. The van der Waals surface area contributed by atoms with Gasteiger partial charge in [0.1, 0.15) is 0 Å². The molecule has 1 N–H and O–H groups in total. The van der Waals surface area contributed by atoms with Gasteiger partial charge in [-0.2, -0.15) is 0 Å². The molecule has 1 saturated heterocycles. The molecule has 1 aliphatic rings. The summed E-state index contributed by atoms with van der Waals surface area (Å²) in [5, 5.41) is 3.24. The molecule has 0 spiro atoms. The van der Waals surface area contributed by atoms with Crippen LogP contribution in [0.15, 0.2) is 24.3 Å². The monoisotopic (exact) mass is 290 g/mol. The average molecular weight is 290 g/mol. The predicted molar refractivity (Wildman–Crippen MR) is 88.7 cm³/mol. The van der Waals surface area contributed by atoms with Gasteiger partial charge < -0.3 is 15.0 Å². The van der Waals surface area contributed by atoms with E-state index in [1.54, 1.807) is 0 Å². The van der Waals surface area contributed by atoms with Gasteiger partial charge in [-0.15, -0.1) is 0 Å². The first kappa shape index (κ1) is 16.5. The van der Waals surface area contributed by atoms with Crippen LogP contribution in [0.2, 0.25) is 0 Å². The maximum absolute atomic E-state index is 5.57. The van der Waals surface area contributed by atoms with Crippen LogP contribution in [0.25, 0.3) is 0 Å². The van der Waals surface area contributed by atoms with Gasteiger partial charge in [0.25, 0.3) is 0 Å². The van der Waals surface area contributed by atoms with E-state index in [0.29, 0.717) is 11.8 Å². The molecule has 2 atom stereocenters. The van der Waals surface area contributed by atoms with Crippen molar-refractivity contribution in [1.29, 1.82) is 0 Å². The molecule has 0 amide bonds. The molecule has 21 heavy (non-hydrogen) atoms. The van der Waals surface area contributed by atoms with Crippen molar-refractivity contribution in [2.24, 2.45) is 5.92 Å². The number of likely N-dealkylation sites (N-methyl/N-ethyl adjacent to an activating group) is 1. The molecule has 1 aliphatic heterocycles. The Hall–Kier alpha value is -0.900. The largest absolute Gasteiger partial charge is 0.381 e. The number of benzene rings is 1. The van der Waals surface area contributed by atoms with Crippen molar-refractivity contribution >= 4 is 0 Å². The number of nitrogens with one attached hydrogen (secondary N) is 1. The minimum absolute atomic E-state index is 0.571. The van der Waals surface area contributed by atoms with Crippen LogP contribution in [0.3, 0.4) is 0 Å². The minimum Gasteiger partial charge on any atom is -0.381 e. The standard InChI is InChI=1S/C18H30N2O/c1-15(11-19-2)18-8-6-16(7-9-18)12-20(3)13-17-5-4-10-21-14-17/h6-9,15,17,19H,4-5,10-14H2,1-3H3. The Kier molecular flexibility index (Phi) is 6.68. The zero-order valence-electron chi connectivity index (χ0n) is 13.8. The van der Waals surface area contributed by atoms with Gasteiger partial charge in [-0.1, -0.05) is 31.2 Å². The van der Waals surface area contributed by atoms with Crippen LogP contribution >= 0.6 is 0 Å². The third kappa shape index (κ3) is 5.42. The van der Waals surface area contributed by atoms with Crippen molar-refractivity contribution in [2.45, 2.75) is 32.2 Å². The molecule has 0 bridgehead atoms. The summed E-state index contributed by atoms with van der Waals surface area (Å²) >= 11 is 0. The number of nitrogens with zero attached hydrogens (tertiary/aromatic N) is 1. The molecule has 1 aromatic carbocycles. The Labute approximate surface area is 129 Å². The summed E-state index contributed by atoms with van der Waals surface area (Å²) in [6, 6.07) is 9.09. The Bertz CT molecular complexity index is 398. The molecule has 118 valence electrons. The van der Waals surface area contributed by atoms with Crippen LogP contribution in [0.5, 0.6) is 0 Å². The minimum atomic E-state index is 0.571. The van der Waals surface area contributed by atoms with Gasteiger partial charge in [0.2, 0.25) is 0 Å². The molecular formula is C18H30N2O. The molecule has 0 radical (unpaired) electrons. The van der Waals surface area contributed by atoms with E-state index in [0.717, 1.165) is 32.8 Å². The lowest BCUT2D eigenvalue weighted by molar-refractivity contribution is 0.0411. The summed E-state index contributed by atoms with van der Waals surface area (Å²) in [7, 11) is 4.22. The molecule has 1 fully saturated rings. The molecule has 2 unspecified atom stereocenters. The number of ether oxygens (including phenoxy) is 1. The lowest BCUT2D eigenvalue weighted by Gasteiger charge is -2.27. The molecule has 0 saturated carbocycles. The van der Waals surface area contributed by atoms with Gasteiger partial charge in [0, 0.05) is 26.2 Å². The van der Waals surface area contributed by atoms with Gasteiger partial charge in [-0.05, 0) is 49.9 Å². The van der Waals surface area contributed by atoms with E-state index < -0.39 is 0 Å². The van der Waals surface area contributed by atoms with Gasteiger partial charge in [-0.25, -0.2) is 0 Å². The van der Waals surface area contributed by atoms with Gasteiger partial charge in [0.05, 0.1) is 6.61 Å². The van der Waals surface area contributed by atoms with Crippen LogP contribution in [-0.4, -0.2) is 45.3 Å². The van der Waals surface area contributed by atoms with Crippen LogP contribution in [0.4, 0.5) is 0 Å². The first-order valence-corrected chi connectivity index (χ1v) is 8.18. The van der Waals surface area contributed by atoms with Crippen molar-refractivity contribution in [3.05, 3.63) is 35.4 Å². The Morgan fingerprint density at radius 3 is 2.71 bits per heavy atom. The van der Waals surface area contributed by atoms with Crippen LogP contribution < -0.4 is 5.32 Å². The van der Waals surface area contributed by atoms with Crippen molar-refractivity contribution in [3.63, 3.8) is 0 Å². The van der Waals surface area contributed by atoms with E-state index >= 15 is 0 Å². The van der Waals surface area contributed by atoms with Gasteiger partial charge in [0.15, 0.2) is 0 Å². The fraction of sp³-hybridized carbons (Fsp3) is 0.667. The second-order valence-electron chi connectivity index (χ2n) is 6.48. The van der Waals surface area contributed by atoms with Gasteiger partial charge in [-0.3, -0.25) is 0 Å². The fourth-order valence-corrected chi connectivity index (χ4v) is 3.14. The zero-order chi connectivity index (χ0) is 15.1. The molecular weight excluding hydrogens is 260 g/mol. The van der Waals surface area contributed by atoms with E-state index in [4.69, 9.17) is 4.74 Å². The first-order chi connectivity index (χ1) is 10.2. The smallest absolute Gasteiger partial charge is 0.0506 e. The topological polar surface area (TPSA) is 24.5 Å². The summed E-state index contributed by atoms with van der Waals surface area (Å²) in [6.07, 6.45) is 2.53. The molecule has 3 nitrogen and oxygen atoms in total. The first-order valence-electron chi connectivity index (χ1n) is 8.18. The molecule has 0 aliphatic carbocycles. The molecule has 1 heterocycles. The molecule has 2 rings (SSSR count). The number of hydrogen-bond donors (Lipinski definition) is 1. The quantitative estimate of drug-likeness (QED) is 0.835. The molecule has 3 heteroatoms. The Morgan fingerprint density at radius 1 is 1.33 bits per heavy atom. The summed E-state index contributed by atoms with van der Waals surface area (Å²) in [6.45, 7) is 7.34. The predicted octanol–water partition coefficient (Wildman–Crippen LogP) is 2.87. The number of rotatable bonds is 7. The van der Waals surface area contributed by atoms with E-state index in [2.05, 4.69) is 48.5 Å². The van der Waals surface area contributed by atoms with Crippen LogP contribution in [0.1, 0.15) is 36.8 Å². The second kappa shape index (κ2) is 8.52. The normalized spacial score (nSPS) is 20.7. The molecule has 0 aromatic heterocycles. The third-order valence-corrected chi connectivity index (χ3v) is 4.34. The lowest BCUT2D eigenvalue weighted by atomic mass is 9.99. The van der Waals surface area contributed by atoms with Gasteiger partial charge >= 0.3 is 0 Å². The van der Waals surface area contributed by atoms with E-state index in [1.165, 1.54) is 24.0 Å². The summed E-state index contributed by atoms with van der Waals surface area (Å²) in [5.74, 6) is 1.28. The highest BCUT2D eigenvalue weighted by molar-refractivity contribution is 5.25. The van der Waals surface area contributed by atoms with Crippen LogP contribution in [-0.2, 0) is 11.3 Å². The summed E-state index contributed by atoms with van der Waals surface area (Å²) in [4.78, 5) is 2.42. The molecule has 1 aromatic rings. The summed E-state index contributed by atoms with van der Waals surface area (Å²) < 4.78 is 5.57. The maximum Gasteiger partial charge on any atom is 0.0506 e. The van der Waals surface area contributed by atoms with Crippen LogP contribution in [0, 0.1) is 5.92 Å². The van der Waals surface area contributed by atoms with Crippen molar-refractivity contribution in [2.75, 3.05) is 40.4 Å². The SMILES string of the molecule is CNCC(C)c1ccc(CN(C)CC2CCCOC2)cc1.